The first kappa shape index (κ1) is 15.1. The fraction of sp³-hybridized carbons (Fsp3) is 0.263. The summed E-state index contributed by atoms with van der Waals surface area (Å²) in [6.07, 6.45) is 0.943. The summed E-state index contributed by atoms with van der Waals surface area (Å²) in [6.45, 7) is 3.23. The minimum atomic E-state index is 0.0111. The molecule has 0 aromatic heterocycles. The Morgan fingerprint density at radius 1 is 0.957 bits per heavy atom. The molecule has 1 fully saturated rings. The third-order valence-electron chi connectivity index (χ3n) is 4.14. The van der Waals surface area contributed by atoms with Crippen LogP contribution in [0.15, 0.2) is 54.6 Å². The smallest absolute Gasteiger partial charge is 0.253 e. The third-order valence-corrected chi connectivity index (χ3v) is 4.14. The van der Waals surface area contributed by atoms with E-state index in [1.165, 1.54) is 5.69 Å². The van der Waals surface area contributed by atoms with E-state index >= 15 is 0 Å². The molecule has 3 rings (SSSR count). The number of nitriles is 1. The quantitative estimate of drug-likeness (QED) is 0.857. The Morgan fingerprint density at radius 2 is 1.78 bits per heavy atom. The molecule has 0 bridgehead atoms. The SMILES string of the molecule is N#Cc1cccc(C(=O)N2CCCN(c3ccccc3)CC2)c1. The van der Waals surface area contributed by atoms with Crippen LogP contribution in [-0.2, 0) is 0 Å². The molecule has 1 aliphatic heterocycles. The number of hydrogen-bond donors (Lipinski definition) is 0. The van der Waals surface area contributed by atoms with E-state index < -0.39 is 0 Å². The highest BCUT2D eigenvalue weighted by Gasteiger charge is 2.20. The summed E-state index contributed by atoms with van der Waals surface area (Å²) in [5.41, 5.74) is 2.32. The van der Waals surface area contributed by atoms with Crippen LogP contribution in [0.25, 0.3) is 0 Å². The van der Waals surface area contributed by atoms with E-state index in [0.29, 0.717) is 17.7 Å². The van der Waals surface area contributed by atoms with Gasteiger partial charge in [-0.2, -0.15) is 5.26 Å². The summed E-state index contributed by atoms with van der Waals surface area (Å²) in [6, 6.07) is 19.3. The standard InChI is InChI=1S/C19H19N3O/c20-15-16-6-4-7-17(14-16)19(23)22-11-5-10-21(12-13-22)18-8-2-1-3-9-18/h1-4,6-9,14H,5,10-13H2. The molecular formula is C19H19N3O. The van der Waals surface area contributed by atoms with Crippen LogP contribution in [-0.4, -0.2) is 37.0 Å². The molecule has 1 heterocycles. The van der Waals surface area contributed by atoms with Gasteiger partial charge in [0, 0.05) is 37.4 Å². The van der Waals surface area contributed by atoms with E-state index in [1.807, 2.05) is 23.1 Å². The van der Waals surface area contributed by atoms with Gasteiger partial charge in [0.1, 0.15) is 0 Å². The number of carbonyl (C=O) groups excluding carboxylic acids is 1. The number of para-hydroxylation sites is 1. The molecule has 23 heavy (non-hydrogen) atoms. The van der Waals surface area contributed by atoms with Crippen LogP contribution in [0.5, 0.6) is 0 Å². The van der Waals surface area contributed by atoms with Crippen molar-refractivity contribution in [1.29, 1.82) is 5.26 Å². The van der Waals surface area contributed by atoms with Gasteiger partial charge in [-0.1, -0.05) is 24.3 Å². The van der Waals surface area contributed by atoms with E-state index in [0.717, 1.165) is 26.1 Å². The Morgan fingerprint density at radius 3 is 2.57 bits per heavy atom. The van der Waals surface area contributed by atoms with Crippen LogP contribution >= 0.6 is 0 Å². The molecule has 0 aliphatic carbocycles. The van der Waals surface area contributed by atoms with Crippen molar-refractivity contribution in [3.8, 4) is 6.07 Å². The Balaban J connectivity index is 1.70. The lowest BCUT2D eigenvalue weighted by atomic mass is 10.1. The number of rotatable bonds is 2. The monoisotopic (exact) mass is 305 g/mol. The Bertz CT molecular complexity index is 721. The minimum absolute atomic E-state index is 0.0111. The van der Waals surface area contributed by atoms with Gasteiger partial charge in [-0.05, 0) is 36.8 Å². The number of nitrogens with zero attached hydrogens (tertiary/aromatic N) is 3. The highest BCUT2D eigenvalue weighted by molar-refractivity contribution is 5.94. The normalized spacial score (nSPS) is 14.9. The minimum Gasteiger partial charge on any atom is -0.370 e. The fourth-order valence-corrected chi connectivity index (χ4v) is 2.92. The number of benzene rings is 2. The first-order chi connectivity index (χ1) is 11.3. The Hall–Kier alpha value is -2.80. The van der Waals surface area contributed by atoms with Gasteiger partial charge in [0.05, 0.1) is 11.6 Å². The molecule has 1 saturated heterocycles. The number of hydrogen-bond acceptors (Lipinski definition) is 3. The van der Waals surface area contributed by atoms with Crippen molar-refractivity contribution in [1.82, 2.24) is 4.90 Å². The summed E-state index contributed by atoms with van der Waals surface area (Å²) >= 11 is 0. The van der Waals surface area contributed by atoms with Gasteiger partial charge in [-0.15, -0.1) is 0 Å². The zero-order chi connectivity index (χ0) is 16.1. The second-order valence-electron chi connectivity index (χ2n) is 5.66. The predicted octanol–water partition coefficient (Wildman–Crippen LogP) is 2.91. The fourth-order valence-electron chi connectivity index (χ4n) is 2.92. The molecular weight excluding hydrogens is 286 g/mol. The van der Waals surface area contributed by atoms with Crippen molar-refractivity contribution >= 4 is 11.6 Å². The second kappa shape index (κ2) is 6.97. The van der Waals surface area contributed by atoms with E-state index in [1.54, 1.807) is 24.3 Å². The van der Waals surface area contributed by atoms with Crippen LogP contribution in [0.1, 0.15) is 22.3 Å². The molecule has 0 atom stereocenters. The summed E-state index contributed by atoms with van der Waals surface area (Å²) in [7, 11) is 0. The van der Waals surface area contributed by atoms with Gasteiger partial charge in [-0.3, -0.25) is 4.79 Å². The van der Waals surface area contributed by atoms with E-state index in [4.69, 9.17) is 5.26 Å². The van der Waals surface area contributed by atoms with Crippen molar-refractivity contribution in [2.45, 2.75) is 6.42 Å². The van der Waals surface area contributed by atoms with Gasteiger partial charge in [0.25, 0.3) is 5.91 Å². The number of carbonyl (C=O) groups is 1. The second-order valence-corrected chi connectivity index (χ2v) is 5.66. The lowest BCUT2D eigenvalue weighted by Crippen LogP contribution is -2.35. The molecule has 1 amide bonds. The zero-order valence-electron chi connectivity index (χ0n) is 13.0. The van der Waals surface area contributed by atoms with Gasteiger partial charge in [-0.25, -0.2) is 0 Å². The molecule has 1 aliphatic rings. The summed E-state index contributed by atoms with van der Waals surface area (Å²) < 4.78 is 0. The summed E-state index contributed by atoms with van der Waals surface area (Å²) in [4.78, 5) is 16.9. The molecule has 4 nitrogen and oxygen atoms in total. The molecule has 0 saturated carbocycles. The van der Waals surface area contributed by atoms with Crippen LogP contribution in [0.4, 0.5) is 5.69 Å². The maximum atomic E-state index is 12.7. The third kappa shape index (κ3) is 3.51. The molecule has 2 aromatic rings. The molecule has 4 heteroatoms. The van der Waals surface area contributed by atoms with Crippen molar-refractivity contribution in [3.63, 3.8) is 0 Å². The highest BCUT2D eigenvalue weighted by Crippen LogP contribution is 2.17. The summed E-state index contributed by atoms with van der Waals surface area (Å²) in [5, 5.41) is 8.98. The number of amides is 1. The first-order valence-corrected chi connectivity index (χ1v) is 7.87. The van der Waals surface area contributed by atoms with Crippen molar-refractivity contribution < 1.29 is 4.79 Å². The first-order valence-electron chi connectivity index (χ1n) is 7.87. The van der Waals surface area contributed by atoms with E-state index in [2.05, 4.69) is 23.1 Å². The molecule has 0 spiro atoms. The average Bonchev–Trinajstić information content (AvgIpc) is 2.88. The Labute approximate surface area is 136 Å². The maximum absolute atomic E-state index is 12.7. The van der Waals surface area contributed by atoms with Crippen LogP contribution < -0.4 is 4.90 Å². The lowest BCUT2D eigenvalue weighted by Gasteiger charge is -2.23. The molecule has 2 aromatic carbocycles. The maximum Gasteiger partial charge on any atom is 0.253 e. The van der Waals surface area contributed by atoms with Gasteiger partial charge in [0.2, 0.25) is 0 Å². The predicted molar refractivity (Wildman–Crippen MR) is 90.3 cm³/mol. The average molecular weight is 305 g/mol. The van der Waals surface area contributed by atoms with E-state index in [-0.39, 0.29) is 5.91 Å². The largest absolute Gasteiger partial charge is 0.370 e. The van der Waals surface area contributed by atoms with E-state index in [9.17, 15) is 4.79 Å². The molecule has 116 valence electrons. The van der Waals surface area contributed by atoms with Crippen molar-refractivity contribution in [3.05, 3.63) is 65.7 Å². The molecule has 0 radical (unpaired) electrons. The van der Waals surface area contributed by atoms with Crippen LogP contribution in [0.2, 0.25) is 0 Å². The lowest BCUT2D eigenvalue weighted by molar-refractivity contribution is 0.0767. The topological polar surface area (TPSA) is 47.3 Å². The van der Waals surface area contributed by atoms with Crippen molar-refractivity contribution in [2.75, 3.05) is 31.1 Å². The summed E-state index contributed by atoms with van der Waals surface area (Å²) in [5.74, 6) is 0.0111. The zero-order valence-corrected chi connectivity index (χ0v) is 13.0. The van der Waals surface area contributed by atoms with Gasteiger partial charge in [0.15, 0.2) is 0 Å². The van der Waals surface area contributed by atoms with Gasteiger partial charge >= 0.3 is 0 Å². The van der Waals surface area contributed by atoms with Crippen LogP contribution in [0, 0.1) is 11.3 Å². The Kier molecular flexibility index (Phi) is 4.58. The highest BCUT2D eigenvalue weighted by atomic mass is 16.2. The van der Waals surface area contributed by atoms with Crippen molar-refractivity contribution in [2.24, 2.45) is 0 Å². The molecule has 0 N–H and O–H groups in total. The molecule has 0 unspecified atom stereocenters. The van der Waals surface area contributed by atoms with Gasteiger partial charge < -0.3 is 9.80 Å². The number of anilines is 1. The van der Waals surface area contributed by atoms with Crippen LogP contribution in [0.3, 0.4) is 0 Å².